The second-order valence-corrected chi connectivity index (χ2v) is 2.14. The fraction of sp³-hybridized carbons (Fsp3) is 0. The molecule has 58 valence electrons. The zero-order chi connectivity index (χ0) is 8.43. The summed E-state index contributed by atoms with van der Waals surface area (Å²) in [5.41, 5.74) is -0.201. The first-order chi connectivity index (χ1) is 5.11. The molecule has 3 nitrogen and oxygen atoms in total. The van der Waals surface area contributed by atoms with Gasteiger partial charge in [0.25, 0.3) is 0 Å². The molecule has 0 amide bonds. The molecule has 1 N–H and O–H groups in total. The molecular formula is C6H3ClFNO2. The van der Waals surface area contributed by atoms with Gasteiger partial charge < -0.3 is 5.11 Å². The summed E-state index contributed by atoms with van der Waals surface area (Å²) in [4.78, 5) is 13.4. The van der Waals surface area contributed by atoms with Crippen molar-refractivity contribution in [2.24, 2.45) is 0 Å². The fourth-order valence-corrected chi connectivity index (χ4v) is 0.796. The number of carbonyl (C=O) groups is 1. The molecule has 11 heavy (non-hydrogen) atoms. The van der Waals surface area contributed by atoms with Crippen LogP contribution in [0.2, 0.25) is 5.15 Å². The average Bonchev–Trinajstić information content (AvgIpc) is 1.85. The molecule has 0 saturated carbocycles. The Morgan fingerprint density at radius 2 is 2.27 bits per heavy atom. The number of nitrogens with zero attached hydrogens (tertiary/aromatic N) is 1. The molecule has 0 spiro atoms. The smallest absolute Gasteiger partial charge is 0.338 e. The Kier molecular flexibility index (Phi) is 2.05. The monoisotopic (exact) mass is 175 g/mol. The average molecular weight is 176 g/mol. The summed E-state index contributed by atoms with van der Waals surface area (Å²) in [6, 6.07) is 2.00. The van der Waals surface area contributed by atoms with Crippen LogP contribution >= 0.6 is 11.6 Å². The van der Waals surface area contributed by atoms with Gasteiger partial charge in [0, 0.05) is 0 Å². The number of rotatable bonds is 1. The van der Waals surface area contributed by atoms with Crippen molar-refractivity contribution in [3.63, 3.8) is 0 Å². The van der Waals surface area contributed by atoms with Crippen molar-refractivity contribution in [1.29, 1.82) is 0 Å². The van der Waals surface area contributed by atoms with Crippen molar-refractivity contribution >= 4 is 17.6 Å². The van der Waals surface area contributed by atoms with Crippen LogP contribution in [0, 0.1) is 5.95 Å². The maximum absolute atomic E-state index is 12.2. The molecular weight excluding hydrogens is 173 g/mol. The zero-order valence-electron chi connectivity index (χ0n) is 5.21. The number of aromatic nitrogens is 1. The van der Waals surface area contributed by atoms with Crippen LogP contribution < -0.4 is 0 Å². The third-order valence-electron chi connectivity index (χ3n) is 1.05. The highest BCUT2D eigenvalue weighted by atomic mass is 35.5. The quantitative estimate of drug-likeness (QED) is 0.660. The molecule has 1 heterocycles. The van der Waals surface area contributed by atoms with Crippen molar-refractivity contribution in [3.05, 3.63) is 28.8 Å². The summed E-state index contributed by atoms with van der Waals surface area (Å²) < 4.78 is 12.2. The molecule has 0 aliphatic heterocycles. The van der Waals surface area contributed by atoms with Gasteiger partial charge in [-0.15, -0.1) is 0 Å². The molecule has 1 aromatic rings. The van der Waals surface area contributed by atoms with Crippen LogP contribution in [-0.2, 0) is 0 Å². The van der Waals surface area contributed by atoms with Crippen LogP contribution in [0.5, 0.6) is 0 Å². The maximum Gasteiger partial charge on any atom is 0.338 e. The summed E-state index contributed by atoms with van der Waals surface area (Å²) in [5.74, 6) is -2.01. The van der Waals surface area contributed by atoms with Gasteiger partial charge in [-0.05, 0) is 12.1 Å². The summed E-state index contributed by atoms with van der Waals surface area (Å²) in [6.07, 6.45) is 0. The summed E-state index contributed by atoms with van der Waals surface area (Å²) >= 11 is 5.29. The Hall–Kier alpha value is -1.16. The van der Waals surface area contributed by atoms with Gasteiger partial charge in [-0.2, -0.15) is 4.39 Å². The van der Waals surface area contributed by atoms with Gasteiger partial charge in [-0.1, -0.05) is 11.6 Å². The maximum atomic E-state index is 12.2. The van der Waals surface area contributed by atoms with Gasteiger partial charge in [0.1, 0.15) is 5.15 Å². The fourth-order valence-electron chi connectivity index (χ4n) is 0.572. The number of aromatic carboxylic acids is 1. The van der Waals surface area contributed by atoms with Crippen molar-refractivity contribution in [2.45, 2.75) is 0 Å². The Balaban J connectivity index is 3.20. The van der Waals surface area contributed by atoms with E-state index in [1.807, 2.05) is 0 Å². The molecule has 0 aliphatic rings. The first kappa shape index (κ1) is 7.94. The lowest BCUT2D eigenvalue weighted by Gasteiger charge is -1.95. The van der Waals surface area contributed by atoms with E-state index in [-0.39, 0.29) is 10.7 Å². The van der Waals surface area contributed by atoms with Gasteiger partial charge in [0.2, 0.25) is 5.95 Å². The summed E-state index contributed by atoms with van der Waals surface area (Å²) in [6.45, 7) is 0. The van der Waals surface area contributed by atoms with Gasteiger partial charge in [-0.3, -0.25) is 0 Å². The summed E-state index contributed by atoms with van der Waals surface area (Å²) in [5, 5.41) is 8.07. The third kappa shape index (κ3) is 1.65. The van der Waals surface area contributed by atoms with Crippen LogP contribution in [0.15, 0.2) is 12.1 Å². The highest BCUT2D eigenvalue weighted by molar-refractivity contribution is 6.32. The van der Waals surface area contributed by atoms with E-state index in [0.717, 1.165) is 12.1 Å². The standard InChI is InChI=1S/C6H3ClFNO2/c7-5-3(6(10)11)1-2-4(8)9-5/h1-2H,(H,10,11). The van der Waals surface area contributed by atoms with Crippen molar-refractivity contribution < 1.29 is 14.3 Å². The second kappa shape index (κ2) is 2.84. The minimum Gasteiger partial charge on any atom is -0.478 e. The van der Waals surface area contributed by atoms with Crippen molar-refractivity contribution in [3.8, 4) is 0 Å². The first-order valence-corrected chi connectivity index (χ1v) is 3.04. The van der Waals surface area contributed by atoms with Crippen LogP contribution in [0.25, 0.3) is 0 Å². The van der Waals surface area contributed by atoms with E-state index in [1.54, 1.807) is 0 Å². The minimum atomic E-state index is -1.22. The predicted molar refractivity (Wildman–Crippen MR) is 36.2 cm³/mol. The lowest BCUT2D eigenvalue weighted by atomic mass is 10.3. The SMILES string of the molecule is O=C(O)c1ccc(F)nc1Cl. The lowest BCUT2D eigenvalue weighted by molar-refractivity contribution is 0.0696. The molecule has 0 unspecified atom stereocenters. The first-order valence-electron chi connectivity index (χ1n) is 2.66. The van der Waals surface area contributed by atoms with Gasteiger partial charge >= 0.3 is 5.97 Å². The number of hydrogen-bond acceptors (Lipinski definition) is 2. The topological polar surface area (TPSA) is 50.2 Å². The highest BCUT2D eigenvalue weighted by Gasteiger charge is 2.09. The van der Waals surface area contributed by atoms with Crippen LogP contribution in [0.1, 0.15) is 10.4 Å². The minimum absolute atomic E-state index is 0.201. The van der Waals surface area contributed by atoms with Gasteiger partial charge in [0.15, 0.2) is 0 Å². The Morgan fingerprint density at radius 1 is 1.64 bits per heavy atom. The molecule has 0 radical (unpaired) electrons. The number of hydrogen-bond donors (Lipinski definition) is 1. The second-order valence-electron chi connectivity index (χ2n) is 1.78. The molecule has 0 fully saturated rings. The largest absolute Gasteiger partial charge is 0.478 e. The van der Waals surface area contributed by atoms with E-state index in [0.29, 0.717) is 0 Å². The highest BCUT2D eigenvalue weighted by Crippen LogP contribution is 2.12. The van der Waals surface area contributed by atoms with Crippen LogP contribution in [0.3, 0.4) is 0 Å². The van der Waals surface area contributed by atoms with E-state index < -0.39 is 11.9 Å². The van der Waals surface area contributed by atoms with E-state index >= 15 is 0 Å². The van der Waals surface area contributed by atoms with Crippen molar-refractivity contribution in [1.82, 2.24) is 4.98 Å². The number of carboxylic acid groups (broad SMARTS) is 1. The predicted octanol–water partition coefficient (Wildman–Crippen LogP) is 1.57. The molecule has 0 bridgehead atoms. The molecule has 5 heteroatoms. The van der Waals surface area contributed by atoms with Crippen LogP contribution in [-0.4, -0.2) is 16.1 Å². The Morgan fingerprint density at radius 3 is 2.73 bits per heavy atom. The molecule has 0 saturated heterocycles. The molecule has 0 atom stereocenters. The molecule has 1 aromatic heterocycles. The van der Waals surface area contributed by atoms with Crippen molar-refractivity contribution in [2.75, 3.05) is 0 Å². The third-order valence-corrected chi connectivity index (χ3v) is 1.33. The number of pyridine rings is 1. The van der Waals surface area contributed by atoms with E-state index in [1.165, 1.54) is 0 Å². The van der Waals surface area contributed by atoms with Gasteiger partial charge in [0.05, 0.1) is 5.56 Å². The molecule has 0 aromatic carbocycles. The van der Waals surface area contributed by atoms with E-state index in [4.69, 9.17) is 16.7 Å². The Bertz CT molecular complexity index is 303. The van der Waals surface area contributed by atoms with Gasteiger partial charge in [-0.25, -0.2) is 9.78 Å². The lowest BCUT2D eigenvalue weighted by Crippen LogP contribution is -1.99. The zero-order valence-corrected chi connectivity index (χ0v) is 5.97. The van der Waals surface area contributed by atoms with E-state index in [9.17, 15) is 9.18 Å². The number of halogens is 2. The van der Waals surface area contributed by atoms with Crippen LogP contribution in [0.4, 0.5) is 4.39 Å². The number of carboxylic acids is 1. The molecule has 1 rings (SSSR count). The normalized spacial score (nSPS) is 9.64. The summed E-state index contributed by atoms with van der Waals surface area (Å²) in [7, 11) is 0. The molecule has 0 aliphatic carbocycles. The Labute approximate surface area is 66.4 Å². The van der Waals surface area contributed by atoms with E-state index in [2.05, 4.69) is 4.98 Å².